The number of nitrogens with one attached hydrogen (secondary N) is 1. The second-order valence-corrected chi connectivity index (χ2v) is 5.29. The Morgan fingerprint density at radius 3 is 2.81 bits per heavy atom. The summed E-state index contributed by atoms with van der Waals surface area (Å²) >= 11 is 15.0. The Labute approximate surface area is 113 Å². The third kappa shape index (κ3) is 4.44. The molecule has 16 heavy (non-hydrogen) atoms. The molecule has 2 N–H and O–H groups in total. The summed E-state index contributed by atoms with van der Waals surface area (Å²) in [4.78, 5) is 0. The van der Waals surface area contributed by atoms with Gasteiger partial charge in [-0.3, -0.25) is 0 Å². The molecule has 0 aliphatic carbocycles. The van der Waals surface area contributed by atoms with E-state index in [4.69, 9.17) is 23.2 Å². The number of rotatable bonds is 5. The molecule has 5 heteroatoms. The lowest BCUT2D eigenvalue weighted by Gasteiger charge is -2.13. The Balaban J connectivity index is 2.61. The minimum absolute atomic E-state index is 0.394. The monoisotopic (exact) mass is 323 g/mol. The van der Waals surface area contributed by atoms with Crippen molar-refractivity contribution in [2.75, 3.05) is 13.1 Å². The maximum absolute atomic E-state index is 9.89. The van der Waals surface area contributed by atoms with E-state index in [9.17, 15) is 5.11 Å². The molecule has 0 saturated carbocycles. The van der Waals surface area contributed by atoms with Crippen LogP contribution in [0.4, 0.5) is 0 Å². The van der Waals surface area contributed by atoms with Crippen molar-refractivity contribution < 1.29 is 5.11 Å². The van der Waals surface area contributed by atoms with E-state index in [1.807, 2.05) is 0 Å². The minimum atomic E-state index is -0.682. The first-order valence-electron chi connectivity index (χ1n) is 4.67. The molecule has 1 aromatic rings. The molecule has 0 spiro atoms. The third-order valence-corrected chi connectivity index (χ3v) is 2.83. The highest BCUT2D eigenvalue weighted by molar-refractivity contribution is 9.11. The second kappa shape index (κ2) is 6.62. The summed E-state index contributed by atoms with van der Waals surface area (Å²) < 4.78 is 0.830. The van der Waals surface area contributed by atoms with Gasteiger partial charge >= 0.3 is 0 Å². The second-order valence-electron chi connectivity index (χ2n) is 3.33. The Bertz CT molecular complexity index is 384. The zero-order chi connectivity index (χ0) is 12.1. The van der Waals surface area contributed by atoms with Gasteiger partial charge in [0.05, 0.1) is 6.10 Å². The van der Waals surface area contributed by atoms with Crippen molar-refractivity contribution in [3.05, 3.63) is 44.9 Å². The van der Waals surface area contributed by atoms with Crippen LogP contribution in [0.5, 0.6) is 0 Å². The SMILES string of the molecule is C=C(Br)CNCC(O)c1cc(Cl)ccc1Cl. The largest absolute Gasteiger partial charge is 0.387 e. The number of hydrogen-bond donors (Lipinski definition) is 2. The third-order valence-electron chi connectivity index (χ3n) is 1.97. The van der Waals surface area contributed by atoms with Gasteiger partial charge in [-0.1, -0.05) is 45.7 Å². The van der Waals surface area contributed by atoms with Crippen molar-refractivity contribution in [3.63, 3.8) is 0 Å². The van der Waals surface area contributed by atoms with E-state index in [1.165, 1.54) is 0 Å². The molecule has 1 aromatic carbocycles. The normalized spacial score (nSPS) is 12.5. The molecule has 0 saturated heterocycles. The minimum Gasteiger partial charge on any atom is -0.387 e. The fourth-order valence-electron chi connectivity index (χ4n) is 1.22. The van der Waals surface area contributed by atoms with Gasteiger partial charge in [0.1, 0.15) is 0 Å². The molecule has 2 nitrogen and oxygen atoms in total. The number of hydrogen-bond acceptors (Lipinski definition) is 2. The van der Waals surface area contributed by atoms with Gasteiger partial charge in [-0.2, -0.15) is 0 Å². The number of aliphatic hydroxyl groups excluding tert-OH is 1. The molecule has 88 valence electrons. The van der Waals surface area contributed by atoms with Crippen LogP contribution in [0, 0.1) is 0 Å². The molecule has 0 aliphatic rings. The highest BCUT2D eigenvalue weighted by Gasteiger charge is 2.11. The van der Waals surface area contributed by atoms with Gasteiger partial charge in [0.25, 0.3) is 0 Å². The Kier molecular flexibility index (Phi) is 5.79. The van der Waals surface area contributed by atoms with Crippen LogP contribution in [0.3, 0.4) is 0 Å². The summed E-state index contributed by atoms with van der Waals surface area (Å²) in [6.07, 6.45) is -0.682. The van der Waals surface area contributed by atoms with Crippen LogP contribution >= 0.6 is 39.1 Å². The first kappa shape index (κ1) is 14.0. The fourth-order valence-corrected chi connectivity index (χ4v) is 1.85. The van der Waals surface area contributed by atoms with E-state index in [1.54, 1.807) is 18.2 Å². The molecule has 0 aliphatic heterocycles. The van der Waals surface area contributed by atoms with E-state index in [0.717, 1.165) is 4.48 Å². The summed E-state index contributed by atoms with van der Waals surface area (Å²) in [5.74, 6) is 0. The van der Waals surface area contributed by atoms with Crippen molar-refractivity contribution in [2.45, 2.75) is 6.10 Å². The summed E-state index contributed by atoms with van der Waals surface area (Å²) in [7, 11) is 0. The van der Waals surface area contributed by atoms with E-state index in [2.05, 4.69) is 27.8 Å². The van der Waals surface area contributed by atoms with Crippen molar-refractivity contribution in [2.24, 2.45) is 0 Å². The maximum atomic E-state index is 9.89. The van der Waals surface area contributed by atoms with E-state index < -0.39 is 6.10 Å². The van der Waals surface area contributed by atoms with Crippen LogP contribution in [0.2, 0.25) is 10.0 Å². The molecule has 1 rings (SSSR count). The smallest absolute Gasteiger partial charge is 0.0929 e. The van der Waals surface area contributed by atoms with Gasteiger partial charge in [-0.25, -0.2) is 0 Å². The topological polar surface area (TPSA) is 32.3 Å². The van der Waals surface area contributed by atoms with Crippen molar-refractivity contribution in [3.8, 4) is 0 Å². The maximum Gasteiger partial charge on any atom is 0.0929 e. The van der Waals surface area contributed by atoms with Crippen LogP contribution in [0.25, 0.3) is 0 Å². The zero-order valence-corrected chi connectivity index (χ0v) is 11.6. The lowest BCUT2D eigenvalue weighted by molar-refractivity contribution is 0.176. The van der Waals surface area contributed by atoms with Gasteiger partial charge in [0, 0.05) is 33.2 Å². The highest BCUT2D eigenvalue weighted by Crippen LogP contribution is 2.25. The van der Waals surface area contributed by atoms with E-state index >= 15 is 0 Å². The molecule has 0 fully saturated rings. The summed E-state index contributed by atoms with van der Waals surface area (Å²) in [6, 6.07) is 5.03. The van der Waals surface area contributed by atoms with Gasteiger partial charge in [0.15, 0.2) is 0 Å². The Hall–Kier alpha value is -0.0600. The quantitative estimate of drug-likeness (QED) is 0.868. The van der Waals surface area contributed by atoms with Crippen LogP contribution < -0.4 is 5.32 Å². The zero-order valence-electron chi connectivity index (χ0n) is 8.51. The summed E-state index contributed by atoms with van der Waals surface area (Å²) in [6.45, 7) is 4.67. The van der Waals surface area contributed by atoms with Crippen LogP contribution in [0.15, 0.2) is 29.3 Å². The Morgan fingerprint density at radius 1 is 1.50 bits per heavy atom. The van der Waals surface area contributed by atoms with Crippen LogP contribution in [-0.4, -0.2) is 18.2 Å². The van der Waals surface area contributed by atoms with Crippen molar-refractivity contribution in [1.82, 2.24) is 5.32 Å². The lowest BCUT2D eigenvalue weighted by atomic mass is 10.1. The summed E-state index contributed by atoms with van der Waals surface area (Å²) in [5, 5.41) is 14.0. The molecule has 1 atom stereocenters. The molecular formula is C11H12BrCl2NO. The first-order valence-corrected chi connectivity index (χ1v) is 6.22. The van der Waals surface area contributed by atoms with Gasteiger partial charge in [-0.15, -0.1) is 0 Å². The average Bonchev–Trinajstić information content (AvgIpc) is 2.21. The number of aliphatic hydroxyl groups is 1. The van der Waals surface area contributed by atoms with Crippen molar-refractivity contribution >= 4 is 39.1 Å². The molecule has 0 amide bonds. The van der Waals surface area contributed by atoms with Crippen molar-refractivity contribution in [1.29, 1.82) is 0 Å². The van der Waals surface area contributed by atoms with E-state index in [0.29, 0.717) is 28.7 Å². The Morgan fingerprint density at radius 2 is 2.19 bits per heavy atom. The molecule has 1 unspecified atom stereocenters. The number of benzene rings is 1. The van der Waals surface area contributed by atoms with Crippen LogP contribution in [0.1, 0.15) is 11.7 Å². The first-order chi connectivity index (χ1) is 7.50. The lowest BCUT2D eigenvalue weighted by Crippen LogP contribution is -2.22. The highest BCUT2D eigenvalue weighted by atomic mass is 79.9. The standard InChI is InChI=1S/C11H12BrCl2NO/c1-7(12)5-15-6-11(16)9-4-8(13)2-3-10(9)14/h2-4,11,15-16H,1,5-6H2. The van der Waals surface area contributed by atoms with Gasteiger partial charge in [-0.05, 0) is 18.2 Å². The molecule has 0 aromatic heterocycles. The fraction of sp³-hybridized carbons (Fsp3) is 0.273. The summed E-state index contributed by atoms with van der Waals surface area (Å²) in [5.41, 5.74) is 0.627. The van der Waals surface area contributed by atoms with Gasteiger partial charge in [0.2, 0.25) is 0 Å². The van der Waals surface area contributed by atoms with E-state index in [-0.39, 0.29) is 0 Å². The predicted molar refractivity (Wildman–Crippen MR) is 72.4 cm³/mol. The molecular weight excluding hydrogens is 313 g/mol. The van der Waals surface area contributed by atoms with Gasteiger partial charge < -0.3 is 10.4 Å². The molecule has 0 bridgehead atoms. The van der Waals surface area contributed by atoms with Crippen LogP contribution in [-0.2, 0) is 0 Å². The predicted octanol–water partition coefficient (Wildman–Crippen LogP) is 3.53. The average molecular weight is 325 g/mol. The number of halogens is 3. The molecule has 0 radical (unpaired) electrons. The molecule has 0 heterocycles.